The van der Waals surface area contributed by atoms with E-state index in [0.717, 1.165) is 31.2 Å². The molecule has 0 atom stereocenters. The number of carboxylic acids is 1. The zero-order valence-corrected chi connectivity index (χ0v) is 10.6. The molecule has 1 N–H and O–H groups in total. The van der Waals surface area contributed by atoms with Crippen LogP contribution in [0.3, 0.4) is 0 Å². The van der Waals surface area contributed by atoms with Crippen molar-refractivity contribution in [3.8, 4) is 0 Å². The van der Waals surface area contributed by atoms with E-state index >= 15 is 0 Å². The lowest BCUT2D eigenvalue weighted by molar-refractivity contribution is -0.384. The van der Waals surface area contributed by atoms with Crippen molar-refractivity contribution in [3.05, 3.63) is 39.9 Å². The van der Waals surface area contributed by atoms with Crippen LogP contribution in [0.25, 0.3) is 0 Å². The maximum atomic E-state index is 10.7. The Kier molecular flexibility index (Phi) is 4.14. The predicted octanol–water partition coefficient (Wildman–Crippen LogP) is 3.34. The number of nitro benzene ring substituents is 1. The lowest BCUT2D eigenvalue weighted by Gasteiger charge is -2.27. The van der Waals surface area contributed by atoms with Gasteiger partial charge in [0.05, 0.1) is 4.92 Å². The highest BCUT2D eigenvalue weighted by atomic mass is 16.6. The number of benzene rings is 1. The van der Waals surface area contributed by atoms with Gasteiger partial charge in [-0.05, 0) is 43.1 Å². The van der Waals surface area contributed by atoms with Gasteiger partial charge in [-0.1, -0.05) is 12.1 Å². The fourth-order valence-electron chi connectivity index (χ4n) is 2.82. The summed E-state index contributed by atoms with van der Waals surface area (Å²) in [6, 6.07) is 6.72. The standard InChI is InChI=1S/C14H17NO4/c16-14(17)9-10-1-3-11(4-2-10)12-5-7-13(8-6-12)15(18)19/h5-8,10-11H,1-4,9H2,(H,16,17). The quantitative estimate of drug-likeness (QED) is 0.667. The lowest BCUT2D eigenvalue weighted by Crippen LogP contribution is -2.16. The van der Waals surface area contributed by atoms with Crippen molar-refractivity contribution in [3.63, 3.8) is 0 Å². The Balaban J connectivity index is 1.94. The van der Waals surface area contributed by atoms with Crippen molar-refractivity contribution in [1.82, 2.24) is 0 Å². The van der Waals surface area contributed by atoms with Gasteiger partial charge in [-0.2, -0.15) is 0 Å². The topological polar surface area (TPSA) is 80.4 Å². The predicted molar refractivity (Wildman–Crippen MR) is 70.0 cm³/mol. The zero-order chi connectivity index (χ0) is 13.8. The van der Waals surface area contributed by atoms with Crippen molar-refractivity contribution >= 4 is 11.7 Å². The first-order chi connectivity index (χ1) is 9.06. The average Bonchev–Trinajstić information content (AvgIpc) is 2.39. The molecule has 1 aliphatic carbocycles. The second-order valence-corrected chi connectivity index (χ2v) is 5.16. The fraction of sp³-hybridized carbons (Fsp3) is 0.500. The molecule has 1 saturated carbocycles. The van der Waals surface area contributed by atoms with E-state index in [-0.39, 0.29) is 18.0 Å². The molecule has 0 unspecified atom stereocenters. The third kappa shape index (κ3) is 3.53. The Labute approximate surface area is 111 Å². The molecular formula is C14H17NO4. The summed E-state index contributed by atoms with van der Waals surface area (Å²) in [6.45, 7) is 0. The molecule has 5 nitrogen and oxygen atoms in total. The first kappa shape index (κ1) is 13.5. The van der Waals surface area contributed by atoms with Crippen LogP contribution in [-0.2, 0) is 4.79 Å². The molecule has 1 aliphatic rings. The largest absolute Gasteiger partial charge is 0.481 e. The fourth-order valence-corrected chi connectivity index (χ4v) is 2.82. The third-order valence-electron chi connectivity index (χ3n) is 3.89. The number of aliphatic carboxylic acids is 1. The summed E-state index contributed by atoms with van der Waals surface area (Å²) in [4.78, 5) is 20.8. The van der Waals surface area contributed by atoms with Gasteiger partial charge in [0, 0.05) is 18.6 Å². The van der Waals surface area contributed by atoms with E-state index in [1.54, 1.807) is 12.1 Å². The Morgan fingerprint density at radius 2 is 1.79 bits per heavy atom. The van der Waals surface area contributed by atoms with Gasteiger partial charge in [-0.15, -0.1) is 0 Å². The summed E-state index contributed by atoms with van der Waals surface area (Å²) in [7, 11) is 0. The minimum absolute atomic E-state index is 0.114. The van der Waals surface area contributed by atoms with E-state index in [2.05, 4.69) is 0 Å². The highest BCUT2D eigenvalue weighted by molar-refractivity contribution is 5.67. The maximum absolute atomic E-state index is 10.7. The van der Waals surface area contributed by atoms with E-state index in [1.165, 1.54) is 0 Å². The number of rotatable bonds is 4. The summed E-state index contributed by atoms with van der Waals surface area (Å²) in [5.41, 5.74) is 1.24. The number of carbonyl (C=O) groups is 1. The van der Waals surface area contributed by atoms with Crippen molar-refractivity contribution in [2.45, 2.75) is 38.0 Å². The van der Waals surface area contributed by atoms with Crippen LogP contribution >= 0.6 is 0 Å². The first-order valence-electron chi connectivity index (χ1n) is 6.52. The molecule has 0 aliphatic heterocycles. The van der Waals surface area contributed by atoms with Gasteiger partial charge < -0.3 is 5.11 Å². The van der Waals surface area contributed by atoms with E-state index < -0.39 is 10.9 Å². The smallest absolute Gasteiger partial charge is 0.303 e. The molecule has 5 heteroatoms. The summed E-state index contributed by atoms with van der Waals surface area (Å²) in [5.74, 6) is -0.0311. The van der Waals surface area contributed by atoms with Crippen LogP contribution < -0.4 is 0 Å². The average molecular weight is 263 g/mol. The number of hydrogen-bond donors (Lipinski definition) is 1. The molecule has 102 valence electrons. The third-order valence-corrected chi connectivity index (χ3v) is 3.89. The molecule has 0 aromatic heterocycles. The summed E-state index contributed by atoms with van der Waals surface area (Å²) < 4.78 is 0. The van der Waals surface area contributed by atoms with Gasteiger partial charge in [0.15, 0.2) is 0 Å². The van der Waals surface area contributed by atoms with E-state index in [0.29, 0.717) is 5.92 Å². The Morgan fingerprint density at radius 3 is 2.26 bits per heavy atom. The first-order valence-corrected chi connectivity index (χ1v) is 6.52. The molecule has 0 heterocycles. The van der Waals surface area contributed by atoms with Gasteiger partial charge >= 0.3 is 5.97 Å². The molecule has 1 fully saturated rings. The lowest BCUT2D eigenvalue weighted by atomic mass is 9.77. The molecule has 0 radical (unpaired) electrons. The van der Waals surface area contributed by atoms with Crippen LogP contribution in [0.5, 0.6) is 0 Å². The van der Waals surface area contributed by atoms with Crippen LogP contribution in [0.2, 0.25) is 0 Å². The molecule has 1 aromatic rings. The van der Waals surface area contributed by atoms with E-state index in [1.807, 2.05) is 12.1 Å². The SMILES string of the molecule is O=C(O)CC1CCC(c2ccc([N+](=O)[O-])cc2)CC1. The van der Waals surface area contributed by atoms with Crippen LogP contribution in [0.4, 0.5) is 5.69 Å². The molecular weight excluding hydrogens is 246 g/mol. The summed E-state index contributed by atoms with van der Waals surface area (Å²) >= 11 is 0. The highest BCUT2D eigenvalue weighted by Crippen LogP contribution is 2.37. The second kappa shape index (κ2) is 5.82. The number of carboxylic acid groups (broad SMARTS) is 1. The molecule has 1 aromatic carbocycles. The molecule has 19 heavy (non-hydrogen) atoms. The van der Waals surface area contributed by atoms with Gasteiger partial charge in [0.2, 0.25) is 0 Å². The van der Waals surface area contributed by atoms with Crippen molar-refractivity contribution < 1.29 is 14.8 Å². The van der Waals surface area contributed by atoms with E-state index in [4.69, 9.17) is 5.11 Å². The maximum Gasteiger partial charge on any atom is 0.303 e. The number of nitrogens with zero attached hydrogens (tertiary/aromatic N) is 1. The summed E-state index contributed by atoms with van der Waals surface area (Å²) in [5, 5.41) is 19.4. The van der Waals surface area contributed by atoms with Gasteiger partial charge in [0.25, 0.3) is 5.69 Å². The summed E-state index contributed by atoms with van der Waals surface area (Å²) in [6.07, 6.45) is 4.04. The van der Waals surface area contributed by atoms with Crippen LogP contribution in [-0.4, -0.2) is 16.0 Å². The molecule has 0 bridgehead atoms. The number of non-ortho nitro benzene ring substituents is 1. The zero-order valence-electron chi connectivity index (χ0n) is 10.6. The normalized spacial score (nSPS) is 22.9. The van der Waals surface area contributed by atoms with Crippen LogP contribution in [0.1, 0.15) is 43.6 Å². The Bertz CT molecular complexity index is 461. The van der Waals surface area contributed by atoms with Crippen molar-refractivity contribution in [2.75, 3.05) is 0 Å². The monoisotopic (exact) mass is 263 g/mol. The van der Waals surface area contributed by atoms with Gasteiger partial charge in [-0.25, -0.2) is 0 Å². The Morgan fingerprint density at radius 1 is 1.21 bits per heavy atom. The minimum Gasteiger partial charge on any atom is -0.481 e. The van der Waals surface area contributed by atoms with Crippen molar-refractivity contribution in [1.29, 1.82) is 0 Å². The number of hydrogen-bond acceptors (Lipinski definition) is 3. The van der Waals surface area contributed by atoms with Crippen molar-refractivity contribution in [2.24, 2.45) is 5.92 Å². The second-order valence-electron chi connectivity index (χ2n) is 5.16. The molecule has 0 spiro atoms. The minimum atomic E-state index is -0.723. The van der Waals surface area contributed by atoms with E-state index in [9.17, 15) is 14.9 Å². The number of nitro groups is 1. The van der Waals surface area contributed by atoms with Gasteiger partial charge in [-0.3, -0.25) is 14.9 Å². The van der Waals surface area contributed by atoms with Crippen LogP contribution in [0.15, 0.2) is 24.3 Å². The molecule has 0 amide bonds. The van der Waals surface area contributed by atoms with Gasteiger partial charge in [0.1, 0.15) is 0 Å². The Hall–Kier alpha value is -1.91. The molecule has 2 rings (SSSR count). The highest BCUT2D eigenvalue weighted by Gasteiger charge is 2.24. The molecule has 0 saturated heterocycles. The van der Waals surface area contributed by atoms with Crippen LogP contribution in [0, 0.1) is 16.0 Å².